The maximum atomic E-state index is 12.0. The third-order valence-corrected chi connectivity index (χ3v) is 6.40. The molecule has 0 bridgehead atoms. The number of hydrogen-bond acceptors (Lipinski definition) is 5. The Morgan fingerprint density at radius 1 is 0.968 bits per heavy atom. The Labute approximate surface area is 179 Å². The topological polar surface area (TPSA) is 87.7 Å². The van der Waals surface area contributed by atoms with E-state index in [4.69, 9.17) is 4.98 Å². The molecule has 0 spiro atoms. The third-order valence-electron chi connectivity index (χ3n) is 6.40. The first-order valence-corrected chi connectivity index (χ1v) is 10.8. The lowest BCUT2D eigenvalue weighted by Gasteiger charge is -2.22. The van der Waals surface area contributed by atoms with Gasteiger partial charge in [-0.25, -0.2) is 15.0 Å². The number of imidazole rings is 1. The van der Waals surface area contributed by atoms with E-state index < -0.39 is 0 Å². The quantitative estimate of drug-likeness (QED) is 0.536. The minimum atomic E-state index is 0.199. The monoisotopic (exact) mass is 410 g/mol. The second-order valence-electron chi connectivity index (χ2n) is 8.33. The van der Waals surface area contributed by atoms with Gasteiger partial charge in [-0.15, -0.1) is 0 Å². The first-order chi connectivity index (χ1) is 15.3. The van der Waals surface area contributed by atoms with Crippen molar-refractivity contribution >= 4 is 22.8 Å². The molecule has 3 aromatic heterocycles. The number of pyridine rings is 1. The molecule has 1 aromatic carbocycles. The number of benzene rings is 1. The molecule has 7 heteroatoms. The van der Waals surface area contributed by atoms with Gasteiger partial charge in [-0.05, 0) is 43.0 Å². The smallest absolute Gasteiger partial charge is 0.227 e. The molecule has 1 aliphatic heterocycles. The lowest BCUT2D eigenvalue weighted by atomic mass is 9.85. The van der Waals surface area contributed by atoms with Gasteiger partial charge >= 0.3 is 0 Å². The predicted molar refractivity (Wildman–Crippen MR) is 119 cm³/mol. The average molecular weight is 410 g/mol. The van der Waals surface area contributed by atoms with E-state index in [9.17, 15) is 4.79 Å². The summed E-state index contributed by atoms with van der Waals surface area (Å²) < 4.78 is 0. The van der Waals surface area contributed by atoms with Crippen molar-refractivity contribution < 1.29 is 4.79 Å². The van der Waals surface area contributed by atoms with E-state index in [1.165, 1.54) is 19.3 Å². The van der Waals surface area contributed by atoms with Crippen molar-refractivity contribution in [1.82, 2.24) is 24.9 Å². The van der Waals surface area contributed by atoms with E-state index >= 15 is 0 Å². The van der Waals surface area contributed by atoms with Crippen LogP contribution in [0.5, 0.6) is 0 Å². The molecule has 2 fully saturated rings. The van der Waals surface area contributed by atoms with Crippen LogP contribution in [0.25, 0.3) is 33.5 Å². The number of nitrogens with zero attached hydrogens (tertiary/aromatic N) is 5. The maximum absolute atomic E-state index is 12.0. The molecule has 4 aromatic rings. The fourth-order valence-electron chi connectivity index (χ4n) is 4.42. The second-order valence-corrected chi connectivity index (χ2v) is 8.33. The van der Waals surface area contributed by atoms with Crippen LogP contribution >= 0.6 is 0 Å². The molecule has 31 heavy (non-hydrogen) atoms. The zero-order chi connectivity index (χ0) is 20.8. The standard InChI is InChI=1S/C24H22N6O/c31-20-5-2-10-30(20)19-8-6-15(7-9-19)17-11-18(13-25-12-17)21-22-24(27-14-26-21)29-23(28-22)16-3-1-4-16/h6-9,11-14,16H,1-5,10H2,(H,26,27,28,29). The Morgan fingerprint density at radius 3 is 2.55 bits per heavy atom. The first kappa shape index (κ1) is 18.2. The van der Waals surface area contributed by atoms with E-state index in [2.05, 4.69) is 26.0 Å². The van der Waals surface area contributed by atoms with Gasteiger partial charge in [0.15, 0.2) is 5.65 Å². The molecule has 1 saturated carbocycles. The highest BCUT2D eigenvalue weighted by atomic mass is 16.2. The highest BCUT2D eigenvalue weighted by molar-refractivity contribution is 5.95. The molecule has 0 atom stereocenters. The number of amides is 1. The van der Waals surface area contributed by atoms with Gasteiger partial charge in [0.25, 0.3) is 0 Å². The Hall–Kier alpha value is -3.61. The van der Waals surface area contributed by atoms with Crippen LogP contribution in [0.3, 0.4) is 0 Å². The van der Waals surface area contributed by atoms with E-state index in [0.717, 1.165) is 52.4 Å². The minimum Gasteiger partial charge on any atom is -0.339 e. The summed E-state index contributed by atoms with van der Waals surface area (Å²) in [5.74, 6) is 1.72. The number of H-pyrrole nitrogens is 1. The number of fused-ring (bicyclic) bond motifs is 1. The van der Waals surface area contributed by atoms with E-state index in [1.54, 1.807) is 6.33 Å². The molecule has 1 N–H and O–H groups in total. The van der Waals surface area contributed by atoms with Gasteiger partial charge in [0.2, 0.25) is 5.91 Å². The Bertz CT molecular complexity index is 1270. The van der Waals surface area contributed by atoms with Crippen molar-refractivity contribution in [2.75, 3.05) is 11.4 Å². The van der Waals surface area contributed by atoms with Gasteiger partial charge in [-0.3, -0.25) is 9.78 Å². The van der Waals surface area contributed by atoms with Crippen molar-refractivity contribution in [1.29, 1.82) is 0 Å². The number of carbonyl (C=O) groups is 1. The average Bonchev–Trinajstić information content (AvgIpc) is 3.38. The highest BCUT2D eigenvalue weighted by Gasteiger charge is 2.24. The predicted octanol–water partition coefficient (Wildman–Crippen LogP) is 4.48. The van der Waals surface area contributed by atoms with Crippen molar-refractivity contribution in [3.05, 3.63) is 54.9 Å². The van der Waals surface area contributed by atoms with Crippen LogP contribution in [0.4, 0.5) is 5.69 Å². The molecule has 2 aliphatic rings. The number of nitrogens with one attached hydrogen (secondary N) is 1. The number of anilines is 1. The Balaban J connectivity index is 1.34. The molecule has 1 amide bonds. The molecular formula is C24H22N6O. The van der Waals surface area contributed by atoms with Crippen molar-refractivity contribution in [2.45, 2.75) is 38.0 Å². The highest BCUT2D eigenvalue weighted by Crippen LogP contribution is 2.36. The van der Waals surface area contributed by atoms with E-state index in [1.807, 2.05) is 41.6 Å². The summed E-state index contributed by atoms with van der Waals surface area (Å²) in [4.78, 5) is 35.4. The number of rotatable bonds is 4. The van der Waals surface area contributed by atoms with Crippen LogP contribution < -0.4 is 4.90 Å². The molecule has 6 rings (SSSR count). The van der Waals surface area contributed by atoms with Gasteiger partial charge in [-0.1, -0.05) is 18.6 Å². The normalized spacial score (nSPS) is 16.8. The van der Waals surface area contributed by atoms with Crippen molar-refractivity contribution in [3.8, 4) is 22.4 Å². The van der Waals surface area contributed by atoms with Crippen LogP contribution in [0.15, 0.2) is 49.1 Å². The van der Waals surface area contributed by atoms with Gasteiger partial charge in [-0.2, -0.15) is 0 Å². The molecular weight excluding hydrogens is 388 g/mol. The van der Waals surface area contributed by atoms with Crippen LogP contribution in [-0.2, 0) is 4.79 Å². The minimum absolute atomic E-state index is 0.199. The summed E-state index contributed by atoms with van der Waals surface area (Å²) in [6.07, 6.45) is 10.4. The summed E-state index contributed by atoms with van der Waals surface area (Å²) in [7, 11) is 0. The van der Waals surface area contributed by atoms with Gasteiger partial charge < -0.3 is 9.88 Å². The second kappa shape index (κ2) is 7.27. The number of aromatic nitrogens is 5. The number of carbonyl (C=O) groups excluding carboxylic acids is 1. The van der Waals surface area contributed by atoms with E-state index in [0.29, 0.717) is 18.0 Å². The van der Waals surface area contributed by atoms with Crippen LogP contribution in [0.2, 0.25) is 0 Å². The summed E-state index contributed by atoms with van der Waals surface area (Å²) in [5.41, 5.74) is 6.32. The van der Waals surface area contributed by atoms with E-state index in [-0.39, 0.29) is 5.91 Å². The van der Waals surface area contributed by atoms with Gasteiger partial charge in [0.05, 0.1) is 0 Å². The fraction of sp³-hybridized carbons (Fsp3) is 0.292. The molecule has 154 valence electrons. The van der Waals surface area contributed by atoms with Gasteiger partial charge in [0, 0.05) is 48.1 Å². The Kier molecular flexibility index (Phi) is 4.26. The molecule has 0 radical (unpaired) electrons. The summed E-state index contributed by atoms with van der Waals surface area (Å²) >= 11 is 0. The number of hydrogen-bond donors (Lipinski definition) is 1. The SMILES string of the molecule is O=C1CCCN1c1ccc(-c2cncc(-c3ncnc4nc(C5CCC5)[nH]c34)c2)cc1. The van der Waals surface area contributed by atoms with Crippen molar-refractivity contribution in [2.24, 2.45) is 0 Å². The summed E-state index contributed by atoms with van der Waals surface area (Å²) in [6, 6.07) is 10.2. The van der Waals surface area contributed by atoms with Gasteiger partial charge in [0.1, 0.15) is 23.4 Å². The number of aromatic amines is 1. The zero-order valence-corrected chi connectivity index (χ0v) is 17.1. The molecule has 7 nitrogen and oxygen atoms in total. The largest absolute Gasteiger partial charge is 0.339 e. The third kappa shape index (κ3) is 3.17. The fourth-order valence-corrected chi connectivity index (χ4v) is 4.42. The molecule has 4 heterocycles. The molecule has 1 aliphatic carbocycles. The lowest BCUT2D eigenvalue weighted by molar-refractivity contribution is -0.117. The van der Waals surface area contributed by atoms with Crippen molar-refractivity contribution in [3.63, 3.8) is 0 Å². The van der Waals surface area contributed by atoms with Crippen LogP contribution in [0, 0.1) is 0 Å². The summed E-state index contributed by atoms with van der Waals surface area (Å²) in [5, 5.41) is 0. The van der Waals surface area contributed by atoms with Crippen LogP contribution in [0.1, 0.15) is 43.8 Å². The zero-order valence-electron chi connectivity index (χ0n) is 17.1. The Morgan fingerprint density at radius 2 is 1.81 bits per heavy atom. The molecule has 0 unspecified atom stereocenters. The van der Waals surface area contributed by atoms with Crippen LogP contribution in [-0.4, -0.2) is 37.4 Å². The summed E-state index contributed by atoms with van der Waals surface area (Å²) in [6.45, 7) is 0.798. The first-order valence-electron chi connectivity index (χ1n) is 10.8. The lowest BCUT2D eigenvalue weighted by Crippen LogP contribution is -2.23. The molecule has 1 saturated heterocycles. The maximum Gasteiger partial charge on any atom is 0.227 e.